The Morgan fingerprint density at radius 1 is 1.50 bits per heavy atom. The standard InChI is InChI=1S/C10H21NO3/c1-3-5-6-10(4-2,7-12)8-14-9(11)13/h12H,3-8H2,1-2H3,(H2,11,13)/t10-/m0/s1. The van der Waals surface area contributed by atoms with Gasteiger partial charge in [0, 0.05) is 5.41 Å². The molecule has 0 saturated carbocycles. The second-order valence-corrected chi connectivity index (χ2v) is 3.72. The molecule has 0 aromatic rings. The fourth-order valence-electron chi connectivity index (χ4n) is 1.36. The van der Waals surface area contributed by atoms with Gasteiger partial charge in [-0.1, -0.05) is 26.7 Å². The molecule has 1 atom stereocenters. The number of aliphatic hydroxyl groups is 1. The van der Waals surface area contributed by atoms with Gasteiger partial charge in [-0.05, 0) is 12.8 Å². The van der Waals surface area contributed by atoms with Gasteiger partial charge in [0.25, 0.3) is 0 Å². The highest BCUT2D eigenvalue weighted by Crippen LogP contribution is 2.28. The average molecular weight is 203 g/mol. The Kier molecular flexibility index (Phi) is 6.28. The van der Waals surface area contributed by atoms with Crippen molar-refractivity contribution in [3.8, 4) is 0 Å². The van der Waals surface area contributed by atoms with Crippen molar-refractivity contribution in [3.05, 3.63) is 0 Å². The average Bonchev–Trinajstić information content (AvgIpc) is 2.19. The summed E-state index contributed by atoms with van der Waals surface area (Å²) in [6.45, 7) is 4.33. The molecule has 4 heteroatoms. The van der Waals surface area contributed by atoms with Crippen LogP contribution in [0.25, 0.3) is 0 Å². The van der Waals surface area contributed by atoms with Crippen LogP contribution in [0.3, 0.4) is 0 Å². The quantitative estimate of drug-likeness (QED) is 0.661. The first-order valence-corrected chi connectivity index (χ1v) is 5.13. The van der Waals surface area contributed by atoms with Crippen molar-refractivity contribution >= 4 is 6.09 Å². The molecule has 0 unspecified atom stereocenters. The van der Waals surface area contributed by atoms with Crippen LogP contribution < -0.4 is 5.73 Å². The van der Waals surface area contributed by atoms with Crippen LogP contribution in [0, 0.1) is 5.41 Å². The van der Waals surface area contributed by atoms with Crippen molar-refractivity contribution in [2.75, 3.05) is 13.2 Å². The Morgan fingerprint density at radius 3 is 2.50 bits per heavy atom. The molecule has 4 nitrogen and oxygen atoms in total. The van der Waals surface area contributed by atoms with E-state index in [1.54, 1.807) is 0 Å². The maximum absolute atomic E-state index is 10.5. The van der Waals surface area contributed by atoms with Gasteiger partial charge in [0.2, 0.25) is 0 Å². The maximum Gasteiger partial charge on any atom is 0.404 e. The molecule has 1 amide bonds. The molecule has 0 aliphatic carbocycles. The van der Waals surface area contributed by atoms with Crippen LogP contribution >= 0.6 is 0 Å². The lowest BCUT2D eigenvalue weighted by Crippen LogP contribution is -2.33. The number of carbonyl (C=O) groups excluding carboxylic acids is 1. The van der Waals surface area contributed by atoms with Crippen molar-refractivity contribution in [2.24, 2.45) is 11.1 Å². The summed E-state index contributed by atoms with van der Waals surface area (Å²) in [6.07, 6.45) is 2.97. The smallest absolute Gasteiger partial charge is 0.404 e. The number of ether oxygens (including phenoxy) is 1. The lowest BCUT2D eigenvalue weighted by Gasteiger charge is -2.29. The van der Waals surface area contributed by atoms with Gasteiger partial charge in [-0.2, -0.15) is 0 Å². The molecule has 0 aromatic carbocycles. The van der Waals surface area contributed by atoms with Gasteiger partial charge in [0.15, 0.2) is 0 Å². The van der Waals surface area contributed by atoms with E-state index in [2.05, 4.69) is 6.92 Å². The third-order valence-electron chi connectivity index (χ3n) is 2.67. The number of primary amides is 1. The van der Waals surface area contributed by atoms with Crippen molar-refractivity contribution in [1.29, 1.82) is 0 Å². The number of hydrogen-bond acceptors (Lipinski definition) is 3. The minimum Gasteiger partial charge on any atom is -0.449 e. The van der Waals surface area contributed by atoms with Gasteiger partial charge >= 0.3 is 6.09 Å². The van der Waals surface area contributed by atoms with Crippen LogP contribution in [0.4, 0.5) is 4.79 Å². The van der Waals surface area contributed by atoms with E-state index in [9.17, 15) is 9.90 Å². The van der Waals surface area contributed by atoms with Gasteiger partial charge in [-0.25, -0.2) is 4.79 Å². The molecule has 0 bridgehead atoms. The number of amides is 1. The van der Waals surface area contributed by atoms with E-state index in [4.69, 9.17) is 10.5 Å². The summed E-state index contributed by atoms with van der Waals surface area (Å²) in [4.78, 5) is 10.5. The Hall–Kier alpha value is -0.770. The molecule has 0 fully saturated rings. The fraction of sp³-hybridized carbons (Fsp3) is 0.900. The van der Waals surface area contributed by atoms with E-state index in [1.165, 1.54) is 0 Å². The third-order valence-corrected chi connectivity index (χ3v) is 2.67. The van der Waals surface area contributed by atoms with Gasteiger partial charge in [-0.3, -0.25) is 0 Å². The van der Waals surface area contributed by atoms with E-state index in [0.717, 1.165) is 25.7 Å². The van der Waals surface area contributed by atoms with Crippen molar-refractivity contribution in [1.82, 2.24) is 0 Å². The van der Waals surface area contributed by atoms with Crippen LogP contribution in [0.5, 0.6) is 0 Å². The Labute approximate surface area is 85.4 Å². The lowest BCUT2D eigenvalue weighted by atomic mass is 9.82. The SMILES string of the molecule is CCCC[C@@](CC)(CO)COC(N)=O. The molecule has 0 saturated heterocycles. The van der Waals surface area contributed by atoms with Crippen LogP contribution in [-0.4, -0.2) is 24.4 Å². The van der Waals surface area contributed by atoms with Crippen LogP contribution in [0.2, 0.25) is 0 Å². The van der Waals surface area contributed by atoms with Crippen molar-refractivity contribution in [3.63, 3.8) is 0 Å². The second-order valence-electron chi connectivity index (χ2n) is 3.72. The zero-order valence-electron chi connectivity index (χ0n) is 9.08. The number of hydrogen-bond donors (Lipinski definition) is 2. The molecule has 0 radical (unpaired) electrons. The second kappa shape index (κ2) is 6.65. The number of unbranched alkanes of at least 4 members (excludes halogenated alkanes) is 1. The molecule has 0 aliphatic rings. The zero-order valence-corrected chi connectivity index (χ0v) is 9.08. The summed E-state index contributed by atoms with van der Waals surface area (Å²) < 4.78 is 4.77. The van der Waals surface area contributed by atoms with Crippen molar-refractivity contribution < 1.29 is 14.6 Å². The molecule has 0 aromatic heterocycles. The van der Waals surface area contributed by atoms with Crippen LogP contribution in [0.1, 0.15) is 39.5 Å². The topological polar surface area (TPSA) is 72.6 Å². The number of aliphatic hydroxyl groups excluding tert-OH is 1. The highest BCUT2D eigenvalue weighted by atomic mass is 16.5. The molecule has 0 rings (SSSR count). The number of rotatable bonds is 7. The summed E-state index contributed by atoms with van der Waals surface area (Å²) in [7, 11) is 0. The van der Waals surface area contributed by atoms with E-state index >= 15 is 0 Å². The predicted molar refractivity (Wildman–Crippen MR) is 54.9 cm³/mol. The largest absolute Gasteiger partial charge is 0.449 e. The molecule has 0 aliphatic heterocycles. The highest BCUT2D eigenvalue weighted by molar-refractivity contribution is 5.64. The van der Waals surface area contributed by atoms with Gasteiger partial charge in [-0.15, -0.1) is 0 Å². The lowest BCUT2D eigenvalue weighted by molar-refractivity contribution is 0.0303. The Balaban J connectivity index is 4.13. The molecule has 84 valence electrons. The van der Waals surface area contributed by atoms with Gasteiger partial charge in [0.1, 0.15) is 6.61 Å². The first kappa shape index (κ1) is 13.2. The number of carbonyl (C=O) groups is 1. The normalized spacial score (nSPS) is 14.8. The highest BCUT2D eigenvalue weighted by Gasteiger charge is 2.28. The summed E-state index contributed by atoms with van der Waals surface area (Å²) in [6, 6.07) is 0. The molecule has 14 heavy (non-hydrogen) atoms. The molecule has 0 heterocycles. The monoisotopic (exact) mass is 203 g/mol. The van der Waals surface area contributed by atoms with Gasteiger partial charge < -0.3 is 15.6 Å². The molecule has 0 spiro atoms. The first-order valence-electron chi connectivity index (χ1n) is 5.13. The summed E-state index contributed by atoms with van der Waals surface area (Å²) in [5.74, 6) is 0. The summed E-state index contributed by atoms with van der Waals surface area (Å²) >= 11 is 0. The molecular formula is C10H21NO3. The van der Waals surface area contributed by atoms with Gasteiger partial charge in [0.05, 0.1) is 6.61 Å². The fourth-order valence-corrected chi connectivity index (χ4v) is 1.36. The number of nitrogens with two attached hydrogens (primary N) is 1. The van der Waals surface area contributed by atoms with E-state index in [0.29, 0.717) is 0 Å². The minimum atomic E-state index is -0.771. The predicted octanol–water partition coefficient (Wildman–Crippen LogP) is 1.66. The zero-order chi connectivity index (χ0) is 11.0. The first-order chi connectivity index (χ1) is 6.60. The van der Waals surface area contributed by atoms with E-state index in [1.807, 2.05) is 6.92 Å². The maximum atomic E-state index is 10.5. The molecule has 3 N–H and O–H groups in total. The van der Waals surface area contributed by atoms with Crippen LogP contribution in [-0.2, 0) is 4.74 Å². The third kappa shape index (κ3) is 4.46. The summed E-state index contributed by atoms with van der Waals surface area (Å²) in [5, 5.41) is 9.28. The Bertz CT molecular complexity index is 167. The Morgan fingerprint density at radius 2 is 2.14 bits per heavy atom. The van der Waals surface area contributed by atoms with Crippen molar-refractivity contribution in [2.45, 2.75) is 39.5 Å². The van der Waals surface area contributed by atoms with E-state index < -0.39 is 6.09 Å². The molecular weight excluding hydrogens is 182 g/mol. The van der Waals surface area contributed by atoms with Crippen LogP contribution in [0.15, 0.2) is 0 Å². The minimum absolute atomic E-state index is 0.0385. The van der Waals surface area contributed by atoms with E-state index in [-0.39, 0.29) is 18.6 Å². The summed E-state index contributed by atoms with van der Waals surface area (Å²) in [5.41, 5.74) is 4.59.